The molecule has 0 atom stereocenters. The van der Waals surface area contributed by atoms with E-state index in [4.69, 9.17) is 4.74 Å². The third kappa shape index (κ3) is 4.87. The van der Waals surface area contributed by atoms with Crippen LogP contribution < -0.4 is 15.0 Å². The Morgan fingerprint density at radius 1 is 1.26 bits per heavy atom. The number of aromatic nitrogens is 1. The largest absolute Gasteiger partial charge is 0.497 e. The number of thiazole rings is 1. The summed E-state index contributed by atoms with van der Waals surface area (Å²) in [7, 11) is 1.61. The number of nitrogens with zero attached hydrogens (tertiary/aromatic N) is 2. The van der Waals surface area contributed by atoms with Crippen molar-refractivity contribution in [3.05, 3.63) is 58.4 Å². The van der Waals surface area contributed by atoms with Crippen LogP contribution in [0.4, 0.5) is 15.6 Å². The topological polar surface area (TPSA) is 54.5 Å². The van der Waals surface area contributed by atoms with Gasteiger partial charge in [0.2, 0.25) is 0 Å². The molecule has 1 aromatic heterocycles. The first kappa shape index (κ1) is 19.4. The molecule has 0 saturated heterocycles. The highest BCUT2D eigenvalue weighted by molar-refractivity contribution is 9.10. The average Bonchev–Trinajstić information content (AvgIpc) is 3.16. The van der Waals surface area contributed by atoms with Crippen molar-refractivity contribution in [2.75, 3.05) is 23.9 Å². The maximum absolute atomic E-state index is 12.8. The van der Waals surface area contributed by atoms with Crippen LogP contribution in [0.5, 0.6) is 5.75 Å². The molecule has 0 unspecified atom stereocenters. The fraction of sp³-hybridized carbons (Fsp3) is 0.200. The van der Waals surface area contributed by atoms with Crippen LogP contribution >= 0.6 is 27.3 Å². The number of urea groups is 1. The Hall–Kier alpha value is -2.38. The normalized spacial score (nSPS) is 10.5. The van der Waals surface area contributed by atoms with Crippen molar-refractivity contribution >= 4 is 44.1 Å². The Balaban J connectivity index is 1.79. The Morgan fingerprint density at radius 3 is 2.70 bits per heavy atom. The molecule has 7 heteroatoms. The number of halogens is 1. The molecule has 0 aliphatic rings. The zero-order chi connectivity index (χ0) is 19.2. The van der Waals surface area contributed by atoms with E-state index in [1.54, 1.807) is 12.0 Å². The second-order valence-corrected chi connectivity index (χ2v) is 7.59. The van der Waals surface area contributed by atoms with Crippen LogP contribution in [0, 0.1) is 0 Å². The lowest BCUT2D eigenvalue weighted by Gasteiger charge is -2.19. The quantitative estimate of drug-likeness (QED) is 0.503. The second-order valence-electron chi connectivity index (χ2n) is 5.84. The molecule has 2 aromatic carbocycles. The van der Waals surface area contributed by atoms with Gasteiger partial charge in [-0.2, -0.15) is 0 Å². The van der Waals surface area contributed by atoms with E-state index in [2.05, 4.69) is 26.2 Å². The van der Waals surface area contributed by atoms with Crippen molar-refractivity contribution in [3.63, 3.8) is 0 Å². The van der Waals surface area contributed by atoms with E-state index >= 15 is 0 Å². The Bertz CT molecular complexity index is 912. The predicted octanol–water partition coefficient (Wildman–Crippen LogP) is 6.03. The van der Waals surface area contributed by atoms with E-state index < -0.39 is 0 Å². The molecule has 0 aliphatic carbocycles. The van der Waals surface area contributed by atoms with Crippen molar-refractivity contribution in [2.24, 2.45) is 0 Å². The number of amides is 2. The van der Waals surface area contributed by atoms with Gasteiger partial charge in [0.1, 0.15) is 5.75 Å². The minimum Gasteiger partial charge on any atom is -0.497 e. The molecule has 1 N–H and O–H groups in total. The summed E-state index contributed by atoms with van der Waals surface area (Å²) in [6.45, 7) is 2.63. The first-order valence-corrected chi connectivity index (χ1v) is 10.2. The standard InChI is InChI=1S/C20H20BrN3O2S/c1-3-11-24(19(25)22-16-7-9-17(26-2)10-8-16)20-23-18(13-27-20)14-5-4-6-15(21)12-14/h4-10,12-13H,3,11H2,1-2H3,(H,22,25). The van der Waals surface area contributed by atoms with Gasteiger partial charge >= 0.3 is 6.03 Å². The van der Waals surface area contributed by atoms with Crippen LogP contribution in [0.25, 0.3) is 11.3 Å². The Labute approximate surface area is 171 Å². The molecule has 5 nitrogen and oxygen atoms in total. The molecule has 3 rings (SSSR count). The van der Waals surface area contributed by atoms with E-state index in [1.165, 1.54) is 11.3 Å². The number of carbonyl (C=O) groups is 1. The summed E-state index contributed by atoms with van der Waals surface area (Å²) in [5.74, 6) is 0.747. The van der Waals surface area contributed by atoms with E-state index in [0.717, 1.165) is 27.9 Å². The number of hydrogen-bond donors (Lipinski definition) is 1. The Morgan fingerprint density at radius 2 is 2.04 bits per heavy atom. The molecule has 2 amide bonds. The van der Waals surface area contributed by atoms with Crippen LogP contribution in [-0.2, 0) is 0 Å². The van der Waals surface area contributed by atoms with Crippen molar-refractivity contribution in [3.8, 4) is 17.0 Å². The monoisotopic (exact) mass is 445 g/mol. The fourth-order valence-corrected chi connectivity index (χ4v) is 3.80. The number of ether oxygens (including phenoxy) is 1. The van der Waals surface area contributed by atoms with Gasteiger partial charge < -0.3 is 10.1 Å². The number of anilines is 2. The number of nitrogens with one attached hydrogen (secondary N) is 1. The van der Waals surface area contributed by atoms with Gasteiger partial charge in [0, 0.05) is 27.6 Å². The molecule has 0 fully saturated rings. The SMILES string of the molecule is CCCN(C(=O)Nc1ccc(OC)cc1)c1nc(-c2cccc(Br)c2)cs1. The van der Waals surface area contributed by atoms with Gasteiger partial charge in [-0.3, -0.25) is 4.90 Å². The summed E-state index contributed by atoms with van der Waals surface area (Å²) < 4.78 is 6.15. The van der Waals surface area contributed by atoms with Gasteiger partial charge in [-0.05, 0) is 42.8 Å². The van der Waals surface area contributed by atoms with E-state index in [-0.39, 0.29) is 6.03 Å². The molecule has 140 valence electrons. The van der Waals surface area contributed by atoms with E-state index in [0.29, 0.717) is 17.4 Å². The maximum Gasteiger partial charge on any atom is 0.328 e. The smallest absolute Gasteiger partial charge is 0.328 e. The first-order chi connectivity index (χ1) is 13.1. The van der Waals surface area contributed by atoms with Crippen molar-refractivity contribution in [1.29, 1.82) is 0 Å². The minimum absolute atomic E-state index is 0.197. The van der Waals surface area contributed by atoms with Crippen LogP contribution in [0.15, 0.2) is 58.4 Å². The van der Waals surface area contributed by atoms with E-state index in [1.807, 2.05) is 60.8 Å². The second kappa shape index (κ2) is 9.01. The third-order valence-electron chi connectivity index (χ3n) is 3.88. The summed E-state index contributed by atoms with van der Waals surface area (Å²) in [4.78, 5) is 19.2. The van der Waals surface area contributed by atoms with Gasteiger partial charge in [-0.15, -0.1) is 11.3 Å². The first-order valence-electron chi connectivity index (χ1n) is 8.54. The average molecular weight is 446 g/mol. The number of methoxy groups -OCH3 is 1. The van der Waals surface area contributed by atoms with Gasteiger partial charge in [0.15, 0.2) is 5.13 Å². The van der Waals surface area contributed by atoms with Crippen molar-refractivity contribution in [1.82, 2.24) is 4.98 Å². The van der Waals surface area contributed by atoms with Crippen LogP contribution in [-0.4, -0.2) is 24.7 Å². The van der Waals surface area contributed by atoms with Gasteiger partial charge in [0.05, 0.1) is 12.8 Å². The molecule has 3 aromatic rings. The zero-order valence-corrected chi connectivity index (χ0v) is 17.5. The Kier molecular flexibility index (Phi) is 6.47. The minimum atomic E-state index is -0.197. The fourth-order valence-electron chi connectivity index (χ4n) is 2.54. The lowest BCUT2D eigenvalue weighted by atomic mass is 10.2. The molecule has 27 heavy (non-hydrogen) atoms. The molecule has 0 bridgehead atoms. The summed E-state index contributed by atoms with van der Waals surface area (Å²) in [6, 6.07) is 15.0. The van der Waals surface area contributed by atoms with Gasteiger partial charge in [-0.25, -0.2) is 9.78 Å². The molecule has 0 radical (unpaired) electrons. The summed E-state index contributed by atoms with van der Waals surface area (Å²) >= 11 is 4.94. The van der Waals surface area contributed by atoms with Gasteiger partial charge in [-0.1, -0.05) is 35.0 Å². The van der Waals surface area contributed by atoms with Crippen LogP contribution in [0.2, 0.25) is 0 Å². The molecule has 0 saturated carbocycles. The zero-order valence-electron chi connectivity index (χ0n) is 15.1. The molecule has 1 heterocycles. The number of benzene rings is 2. The van der Waals surface area contributed by atoms with Crippen molar-refractivity contribution in [2.45, 2.75) is 13.3 Å². The maximum atomic E-state index is 12.8. The summed E-state index contributed by atoms with van der Waals surface area (Å²) in [6.07, 6.45) is 0.835. The summed E-state index contributed by atoms with van der Waals surface area (Å²) in [5.41, 5.74) is 2.58. The lowest BCUT2D eigenvalue weighted by molar-refractivity contribution is 0.257. The van der Waals surface area contributed by atoms with Crippen LogP contribution in [0.3, 0.4) is 0 Å². The number of hydrogen-bond acceptors (Lipinski definition) is 4. The molecule has 0 spiro atoms. The summed E-state index contributed by atoms with van der Waals surface area (Å²) in [5, 5.41) is 5.58. The number of rotatable bonds is 6. The van der Waals surface area contributed by atoms with E-state index in [9.17, 15) is 4.79 Å². The highest BCUT2D eigenvalue weighted by Crippen LogP contribution is 2.29. The highest BCUT2D eigenvalue weighted by atomic mass is 79.9. The van der Waals surface area contributed by atoms with Gasteiger partial charge in [0.25, 0.3) is 0 Å². The predicted molar refractivity (Wildman–Crippen MR) is 115 cm³/mol. The van der Waals surface area contributed by atoms with Crippen molar-refractivity contribution < 1.29 is 9.53 Å². The number of carbonyl (C=O) groups excluding carboxylic acids is 1. The molecule has 0 aliphatic heterocycles. The molecular formula is C20H20BrN3O2S. The third-order valence-corrected chi connectivity index (χ3v) is 5.23. The molecular weight excluding hydrogens is 426 g/mol. The van der Waals surface area contributed by atoms with Crippen LogP contribution in [0.1, 0.15) is 13.3 Å². The lowest BCUT2D eigenvalue weighted by Crippen LogP contribution is -2.35. The highest BCUT2D eigenvalue weighted by Gasteiger charge is 2.19.